The van der Waals surface area contributed by atoms with E-state index < -0.39 is 17.4 Å². The molecule has 0 saturated heterocycles. The van der Waals surface area contributed by atoms with Gasteiger partial charge in [-0.2, -0.15) is 18.2 Å². The molecule has 5 nitrogen and oxygen atoms in total. The lowest BCUT2D eigenvalue weighted by atomic mass is 9.87. The number of nitrogens with zero attached hydrogens (tertiary/aromatic N) is 3. The number of anilines is 1. The van der Waals surface area contributed by atoms with Crippen LogP contribution in [0.3, 0.4) is 0 Å². The molecular formula is C15H16BrClF3N5. The predicted molar refractivity (Wildman–Crippen MR) is 95.7 cm³/mol. The van der Waals surface area contributed by atoms with Gasteiger partial charge in [-0.05, 0) is 37.8 Å². The first-order valence-corrected chi connectivity index (χ1v) is 8.87. The topological polar surface area (TPSA) is 80.0 Å². The van der Waals surface area contributed by atoms with Gasteiger partial charge in [-0.1, -0.05) is 34.0 Å². The van der Waals surface area contributed by atoms with Crippen molar-refractivity contribution >= 4 is 45.1 Å². The summed E-state index contributed by atoms with van der Waals surface area (Å²) in [4.78, 5) is 9.87. The molecule has 0 bridgehead atoms. The Balaban J connectivity index is 2.18. The van der Waals surface area contributed by atoms with Crippen molar-refractivity contribution in [2.45, 2.75) is 43.9 Å². The number of rotatable bonds is 1. The predicted octanol–water partition coefficient (Wildman–Crippen LogP) is 4.23. The molecule has 0 atom stereocenters. The summed E-state index contributed by atoms with van der Waals surface area (Å²) in [6, 6.07) is 2.19. The molecule has 0 unspecified atom stereocenters. The van der Waals surface area contributed by atoms with Crippen LogP contribution in [0.4, 0.5) is 18.9 Å². The van der Waals surface area contributed by atoms with Crippen molar-refractivity contribution in [3.63, 3.8) is 0 Å². The first kappa shape index (κ1) is 18.3. The van der Waals surface area contributed by atoms with E-state index in [1.54, 1.807) is 0 Å². The largest absolute Gasteiger partial charge is 0.417 e. The van der Waals surface area contributed by atoms with Crippen LogP contribution >= 0.6 is 27.5 Å². The normalized spacial score (nSPS) is 20.4. The standard InChI is InChI=1S/C15H16BrClF3N5/c16-9-7-10(17)11(6-8(9)15(18,19)20)25-13(22)23-12(21)24-14(25)4-2-1-3-5-14/h6-7H,1-5H2,(H4,21,22,23,24). The molecule has 0 aromatic heterocycles. The molecule has 1 fully saturated rings. The zero-order valence-electron chi connectivity index (χ0n) is 13.1. The van der Waals surface area contributed by atoms with Crippen LogP contribution in [0.1, 0.15) is 37.7 Å². The van der Waals surface area contributed by atoms with Crippen LogP contribution in [0.5, 0.6) is 0 Å². The quantitative estimate of drug-likeness (QED) is 0.688. The number of hydrogen-bond acceptors (Lipinski definition) is 5. The average molecular weight is 439 g/mol. The van der Waals surface area contributed by atoms with Gasteiger partial charge in [-0.25, -0.2) is 4.99 Å². The number of nitrogens with two attached hydrogens (primary N) is 2. The zero-order chi connectivity index (χ0) is 18.4. The summed E-state index contributed by atoms with van der Waals surface area (Å²) in [5.41, 5.74) is 10.2. The van der Waals surface area contributed by atoms with E-state index in [0.717, 1.165) is 25.3 Å². The third-order valence-electron chi connectivity index (χ3n) is 4.43. The number of benzene rings is 1. The van der Waals surface area contributed by atoms with Crippen molar-refractivity contribution in [1.29, 1.82) is 0 Å². The second kappa shape index (κ2) is 6.35. The Labute approximate surface area is 156 Å². The van der Waals surface area contributed by atoms with Gasteiger partial charge in [0.2, 0.25) is 11.9 Å². The minimum Gasteiger partial charge on any atom is -0.369 e. The zero-order valence-corrected chi connectivity index (χ0v) is 15.4. The van der Waals surface area contributed by atoms with Crippen molar-refractivity contribution in [1.82, 2.24) is 0 Å². The molecule has 10 heteroatoms. The first-order chi connectivity index (χ1) is 11.6. The van der Waals surface area contributed by atoms with Gasteiger partial charge in [0.25, 0.3) is 0 Å². The van der Waals surface area contributed by atoms with E-state index in [1.807, 2.05) is 0 Å². The molecule has 3 rings (SSSR count). The van der Waals surface area contributed by atoms with Gasteiger partial charge in [0.1, 0.15) is 5.66 Å². The number of guanidine groups is 2. The molecule has 1 saturated carbocycles. The van der Waals surface area contributed by atoms with E-state index in [9.17, 15) is 13.2 Å². The fourth-order valence-electron chi connectivity index (χ4n) is 3.40. The lowest BCUT2D eigenvalue weighted by molar-refractivity contribution is -0.138. The minimum absolute atomic E-state index is 0.00764. The van der Waals surface area contributed by atoms with Crippen LogP contribution in [-0.4, -0.2) is 17.6 Å². The van der Waals surface area contributed by atoms with Gasteiger partial charge in [-0.3, -0.25) is 4.90 Å². The molecule has 0 radical (unpaired) electrons. The van der Waals surface area contributed by atoms with Gasteiger partial charge in [-0.15, -0.1) is 0 Å². The SMILES string of the molecule is NC1=NC2(CCCCC2)N(c2cc(C(F)(F)F)c(Br)cc2Cl)C(N)=N1. The summed E-state index contributed by atoms with van der Waals surface area (Å²) >= 11 is 9.18. The average Bonchev–Trinajstić information content (AvgIpc) is 2.48. The Morgan fingerprint density at radius 2 is 1.80 bits per heavy atom. The first-order valence-electron chi connectivity index (χ1n) is 7.70. The highest BCUT2D eigenvalue weighted by Gasteiger charge is 2.44. The van der Waals surface area contributed by atoms with Crippen molar-refractivity contribution in [3.8, 4) is 0 Å². The third-order valence-corrected chi connectivity index (χ3v) is 5.39. The maximum absolute atomic E-state index is 13.3. The Kier molecular flexibility index (Phi) is 4.65. The summed E-state index contributed by atoms with van der Waals surface area (Å²) in [7, 11) is 0. The maximum Gasteiger partial charge on any atom is 0.417 e. The monoisotopic (exact) mass is 437 g/mol. The Bertz CT molecular complexity index is 756. The molecular weight excluding hydrogens is 423 g/mol. The van der Waals surface area contributed by atoms with Crippen molar-refractivity contribution in [2.75, 3.05) is 4.90 Å². The Hall–Kier alpha value is -1.48. The lowest BCUT2D eigenvalue weighted by Gasteiger charge is -2.46. The second-order valence-corrected chi connectivity index (χ2v) is 7.36. The van der Waals surface area contributed by atoms with Crippen LogP contribution in [0, 0.1) is 0 Å². The van der Waals surface area contributed by atoms with E-state index in [0.29, 0.717) is 12.8 Å². The van der Waals surface area contributed by atoms with Crippen LogP contribution < -0.4 is 16.4 Å². The molecule has 1 heterocycles. The minimum atomic E-state index is -4.54. The Morgan fingerprint density at radius 3 is 2.40 bits per heavy atom. The van der Waals surface area contributed by atoms with E-state index in [1.165, 1.54) is 11.0 Å². The summed E-state index contributed by atoms with van der Waals surface area (Å²) in [5, 5.41) is 0.124. The van der Waals surface area contributed by atoms with Gasteiger partial charge >= 0.3 is 6.18 Å². The van der Waals surface area contributed by atoms with E-state index in [2.05, 4.69) is 25.9 Å². The van der Waals surface area contributed by atoms with Crippen molar-refractivity contribution < 1.29 is 13.2 Å². The van der Waals surface area contributed by atoms with Crippen molar-refractivity contribution in [2.24, 2.45) is 21.5 Å². The molecule has 136 valence electrons. The molecule has 1 aromatic carbocycles. The summed E-state index contributed by atoms with van der Waals surface area (Å²) in [6.07, 6.45) is -0.581. The maximum atomic E-state index is 13.3. The molecule has 2 aliphatic rings. The molecule has 25 heavy (non-hydrogen) atoms. The summed E-state index contributed by atoms with van der Waals surface area (Å²) in [5.74, 6) is 0.0201. The fraction of sp³-hybridized carbons (Fsp3) is 0.467. The van der Waals surface area contributed by atoms with Gasteiger partial charge in [0.15, 0.2) is 0 Å². The van der Waals surface area contributed by atoms with Crippen LogP contribution in [0.15, 0.2) is 26.6 Å². The van der Waals surface area contributed by atoms with Crippen LogP contribution in [0.25, 0.3) is 0 Å². The van der Waals surface area contributed by atoms with Crippen LogP contribution in [-0.2, 0) is 6.18 Å². The lowest BCUT2D eigenvalue weighted by Crippen LogP contribution is -2.58. The number of halogens is 5. The number of aliphatic imine (C=N–C) groups is 2. The number of hydrogen-bond donors (Lipinski definition) is 2. The molecule has 1 spiro atoms. The van der Waals surface area contributed by atoms with Gasteiger partial charge in [0.05, 0.1) is 16.3 Å². The molecule has 4 N–H and O–H groups in total. The number of alkyl halides is 3. The van der Waals surface area contributed by atoms with E-state index in [4.69, 9.17) is 23.1 Å². The molecule has 1 aromatic rings. The third kappa shape index (κ3) is 3.31. The van der Waals surface area contributed by atoms with Crippen LogP contribution in [0.2, 0.25) is 5.02 Å². The second-order valence-electron chi connectivity index (χ2n) is 6.10. The summed E-state index contributed by atoms with van der Waals surface area (Å²) < 4.78 is 39.8. The fourth-order valence-corrected chi connectivity index (χ4v) is 4.34. The molecule has 1 aliphatic carbocycles. The van der Waals surface area contributed by atoms with E-state index in [-0.39, 0.29) is 27.1 Å². The highest BCUT2D eigenvalue weighted by Crippen LogP contribution is 2.45. The smallest absolute Gasteiger partial charge is 0.369 e. The summed E-state index contributed by atoms with van der Waals surface area (Å²) in [6.45, 7) is 0. The van der Waals surface area contributed by atoms with Crippen molar-refractivity contribution in [3.05, 3.63) is 27.2 Å². The highest BCUT2D eigenvalue weighted by atomic mass is 79.9. The van der Waals surface area contributed by atoms with Gasteiger partial charge < -0.3 is 11.5 Å². The molecule has 1 aliphatic heterocycles. The Morgan fingerprint density at radius 1 is 1.16 bits per heavy atom. The van der Waals surface area contributed by atoms with E-state index >= 15 is 0 Å². The molecule has 0 amide bonds. The highest BCUT2D eigenvalue weighted by molar-refractivity contribution is 9.10. The van der Waals surface area contributed by atoms with Gasteiger partial charge in [0, 0.05) is 4.47 Å².